The monoisotopic (exact) mass is 348 g/mol. The molecule has 0 spiro atoms. The largest absolute Gasteiger partial charge is 0.476 e. The van der Waals surface area contributed by atoms with Gasteiger partial charge in [0.25, 0.3) is 0 Å². The van der Waals surface area contributed by atoms with E-state index in [9.17, 15) is 0 Å². The Bertz CT molecular complexity index is 558. The van der Waals surface area contributed by atoms with E-state index in [-0.39, 0.29) is 5.41 Å². The molecule has 0 radical (unpaired) electrons. The van der Waals surface area contributed by atoms with Crippen LogP contribution in [0.2, 0.25) is 0 Å². The van der Waals surface area contributed by atoms with Crippen LogP contribution in [0.15, 0.2) is 53.1 Å². The topological polar surface area (TPSA) is 34.1 Å². The molecule has 2 rings (SSSR count). The number of nitrogens with one attached hydrogen (secondary N) is 1. The number of hydrogen-bond donors (Lipinski definition) is 1. The van der Waals surface area contributed by atoms with Gasteiger partial charge in [0.05, 0.1) is 11.1 Å². The number of benzene rings is 1. The van der Waals surface area contributed by atoms with Gasteiger partial charge in [-0.25, -0.2) is 4.98 Å². The molecule has 21 heavy (non-hydrogen) atoms. The Morgan fingerprint density at radius 1 is 1.14 bits per heavy atom. The second-order valence-corrected chi connectivity index (χ2v) is 6.69. The summed E-state index contributed by atoms with van der Waals surface area (Å²) in [4.78, 5) is 4.22. The fraction of sp³-hybridized carbons (Fsp3) is 0.353. The average Bonchev–Trinajstić information content (AvgIpc) is 2.47. The van der Waals surface area contributed by atoms with Crippen LogP contribution in [0.3, 0.4) is 0 Å². The van der Waals surface area contributed by atoms with Crippen molar-refractivity contribution in [1.82, 2.24) is 10.3 Å². The summed E-state index contributed by atoms with van der Waals surface area (Å²) in [5.74, 6) is 0.647. The zero-order valence-electron chi connectivity index (χ0n) is 12.5. The van der Waals surface area contributed by atoms with Crippen LogP contribution in [-0.2, 0) is 6.54 Å². The van der Waals surface area contributed by atoms with Gasteiger partial charge in [0, 0.05) is 24.7 Å². The first kappa shape index (κ1) is 16.0. The number of rotatable bonds is 7. The molecule has 112 valence electrons. The molecular weight excluding hydrogens is 328 g/mol. The van der Waals surface area contributed by atoms with Crippen molar-refractivity contribution in [2.24, 2.45) is 5.41 Å². The summed E-state index contributed by atoms with van der Waals surface area (Å²) in [6.45, 7) is 6.73. The first-order chi connectivity index (χ1) is 10.1. The van der Waals surface area contributed by atoms with Gasteiger partial charge in [0.1, 0.15) is 0 Å². The van der Waals surface area contributed by atoms with Gasteiger partial charge in [0.15, 0.2) is 0 Å². The van der Waals surface area contributed by atoms with Crippen LogP contribution >= 0.6 is 15.9 Å². The van der Waals surface area contributed by atoms with E-state index in [4.69, 9.17) is 4.74 Å². The maximum atomic E-state index is 5.81. The first-order valence-corrected chi connectivity index (χ1v) is 7.84. The van der Waals surface area contributed by atoms with Gasteiger partial charge in [-0.3, -0.25) is 0 Å². The Morgan fingerprint density at radius 3 is 2.62 bits per heavy atom. The average molecular weight is 349 g/mol. The highest BCUT2D eigenvalue weighted by atomic mass is 79.9. The lowest BCUT2D eigenvalue weighted by molar-refractivity contribution is 0.169. The summed E-state index contributed by atoms with van der Waals surface area (Å²) in [6, 6.07) is 14.2. The van der Waals surface area contributed by atoms with Crippen LogP contribution in [0.25, 0.3) is 0 Å². The molecule has 0 fully saturated rings. The molecule has 0 aliphatic heterocycles. The molecule has 1 aromatic carbocycles. The zero-order chi connectivity index (χ0) is 15.1. The Kier molecular flexibility index (Phi) is 5.76. The molecule has 0 saturated heterocycles. The van der Waals surface area contributed by atoms with Gasteiger partial charge >= 0.3 is 0 Å². The molecule has 0 bridgehead atoms. The fourth-order valence-corrected chi connectivity index (χ4v) is 2.30. The maximum Gasteiger partial charge on any atom is 0.227 e. The molecule has 1 aromatic heterocycles. The molecule has 0 saturated carbocycles. The van der Waals surface area contributed by atoms with E-state index in [0.29, 0.717) is 12.5 Å². The van der Waals surface area contributed by atoms with Crippen LogP contribution in [0.4, 0.5) is 0 Å². The molecule has 3 nitrogen and oxygen atoms in total. The predicted octanol–water partition coefficient (Wildman–Crippen LogP) is 4.04. The van der Waals surface area contributed by atoms with Gasteiger partial charge in [-0.1, -0.05) is 44.2 Å². The summed E-state index contributed by atoms with van der Waals surface area (Å²) in [5.41, 5.74) is 1.33. The molecule has 0 aliphatic rings. The number of ether oxygens (including phenoxy) is 1. The van der Waals surface area contributed by atoms with Crippen molar-refractivity contribution in [3.05, 3.63) is 58.7 Å². The second-order valence-electron chi connectivity index (χ2n) is 5.83. The standard InChI is InChI=1S/C17H21BrN2O/c1-17(2,12-19-11-14-7-4-3-5-8-14)13-21-16-15(18)9-6-10-20-16/h3-10,19H,11-13H2,1-2H3. The third kappa shape index (κ3) is 5.48. The molecule has 0 amide bonds. The van der Waals surface area contributed by atoms with Crippen LogP contribution < -0.4 is 10.1 Å². The van der Waals surface area contributed by atoms with Gasteiger partial charge in [-0.15, -0.1) is 0 Å². The quantitative estimate of drug-likeness (QED) is 0.819. The van der Waals surface area contributed by atoms with E-state index >= 15 is 0 Å². The van der Waals surface area contributed by atoms with E-state index in [1.165, 1.54) is 5.56 Å². The van der Waals surface area contributed by atoms with Crippen molar-refractivity contribution < 1.29 is 4.74 Å². The van der Waals surface area contributed by atoms with Gasteiger partial charge in [-0.05, 0) is 33.6 Å². The van der Waals surface area contributed by atoms with Gasteiger partial charge in [-0.2, -0.15) is 0 Å². The smallest absolute Gasteiger partial charge is 0.227 e. The van der Waals surface area contributed by atoms with Crippen LogP contribution in [0.5, 0.6) is 5.88 Å². The summed E-state index contributed by atoms with van der Waals surface area (Å²) in [7, 11) is 0. The van der Waals surface area contributed by atoms with Crippen LogP contribution in [-0.4, -0.2) is 18.1 Å². The number of pyridine rings is 1. The van der Waals surface area contributed by atoms with E-state index in [1.54, 1.807) is 6.20 Å². The fourth-order valence-electron chi connectivity index (χ4n) is 1.93. The van der Waals surface area contributed by atoms with Gasteiger partial charge < -0.3 is 10.1 Å². The first-order valence-electron chi connectivity index (χ1n) is 7.05. The van der Waals surface area contributed by atoms with Crippen molar-refractivity contribution in [2.45, 2.75) is 20.4 Å². The van der Waals surface area contributed by atoms with Crippen LogP contribution in [0, 0.1) is 5.41 Å². The number of nitrogens with zero attached hydrogens (tertiary/aromatic N) is 1. The summed E-state index contributed by atoms with van der Waals surface area (Å²) in [6.07, 6.45) is 1.74. The highest BCUT2D eigenvalue weighted by Gasteiger charge is 2.19. The lowest BCUT2D eigenvalue weighted by Crippen LogP contribution is -2.34. The molecule has 0 atom stereocenters. The van der Waals surface area contributed by atoms with Gasteiger partial charge in [0.2, 0.25) is 5.88 Å². The highest BCUT2D eigenvalue weighted by molar-refractivity contribution is 9.10. The molecule has 4 heteroatoms. The van der Waals surface area contributed by atoms with Crippen molar-refractivity contribution in [2.75, 3.05) is 13.2 Å². The minimum absolute atomic E-state index is 0.0335. The summed E-state index contributed by atoms with van der Waals surface area (Å²) >= 11 is 3.44. The minimum Gasteiger partial charge on any atom is -0.476 e. The van der Waals surface area contributed by atoms with E-state index in [0.717, 1.165) is 17.6 Å². The van der Waals surface area contributed by atoms with Crippen molar-refractivity contribution >= 4 is 15.9 Å². The lowest BCUT2D eigenvalue weighted by atomic mass is 9.95. The summed E-state index contributed by atoms with van der Waals surface area (Å²) in [5, 5.41) is 3.48. The number of halogens is 1. The number of aromatic nitrogens is 1. The normalized spacial score (nSPS) is 11.4. The Balaban J connectivity index is 1.78. The third-order valence-corrected chi connectivity index (χ3v) is 3.70. The third-order valence-electron chi connectivity index (χ3n) is 3.10. The van der Waals surface area contributed by atoms with E-state index in [1.807, 2.05) is 18.2 Å². The summed E-state index contributed by atoms with van der Waals surface area (Å²) < 4.78 is 6.69. The Morgan fingerprint density at radius 2 is 1.90 bits per heavy atom. The molecule has 1 heterocycles. The van der Waals surface area contributed by atoms with Crippen molar-refractivity contribution in [3.8, 4) is 5.88 Å². The lowest BCUT2D eigenvalue weighted by Gasteiger charge is -2.25. The molecule has 1 N–H and O–H groups in total. The number of hydrogen-bond acceptors (Lipinski definition) is 3. The van der Waals surface area contributed by atoms with Crippen LogP contribution in [0.1, 0.15) is 19.4 Å². The SMILES string of the molecule is CC(C)(CNCc1ccccc1)COc1ncccc1Br. The Labute approximate surface area is 134 Å². The minimum atomic E-state index is 0.0335. The van der Waals surface area contributed by atoms with Crippen molar-refractivity contribution in [1.29, 1.82) is 0 Å². The van der Waals surface area contributed by atoms with E-state index in [2.05, 4.69) is 64.3 Å². The molecule has 0 aliphatic carbocycles. The molecule has 2 aromatic rings. The highest BCUT2D eigenvalue weighted by Crippen LogP contribution is 2.23. The van der Waals surface area contributed by atoms with Crippen molar-refractivity contribution in [3.63, 3.8) is 0 Å². The molecule has 0 unspecified atom stereocenters. The van der Waals surface area contributed by atoms with E-state index < -0.39 is 0 Å². The zero-order valence-corrected chi connectivity index (χ0v) is 14.1. The maximum absolute atomic E-state index is 5.81. The molecular formula is C17H21BrN2O. The predicted molar refractivity (Wildman–Crippen MR) is 89.4 cm³/mol. The second kappa shape index (κ2) is 7.57. The Hall–Kier alpha value is -1.39.